The molecule has 1 aromatic heterocycles. The van der Waals surface area contributed by atoms with Crippen molar-refractivity contribution in [3.63, 3.8) is 0 Å². The van der Waals surface area contributed by atoms with Crippen LogP contribution in [0.25, 0.3) is 0 Å². The van der Waals surface area contributed by atoms with Gasteiger partial charge in [-0.05, 0) is 25.5 Å². The lowest BCUT2D eigenvalue weighted by Crippen LogP contribution is -2.28. The van der Waals surface area contributed by atoms with E-state index in [0.717, 1.165) is 17.9 Å². The minimum atomic E-state index is -0.126. The van der Waals surface area contributed by atoms with Gasteiger partial charge in [-0.25, -0.2) is 0 Å². The number of aryl methyl sites for hydroxylation is 1. The molecular formula is C10H17NO2. The minimum absolute atomic E-state index is 0.00412. The Kier molecular flexibility index (Phi) is 3.51. The van der Waals surface area contributed by atoms with E-state index in [1.807, 2.05) is 26.0 Å². The number of ether oxygens (including phenoxy) is 1. The van der Waals surface area contributed by atoms with Gasteiger partial charge >= 0.3 is 0 Å². The SMILES string of the molecule is CCC(N)C(OC)c1ccc(C)o1. The number of nitrogens with two attached hydrogens (primary N) is 1. The summed E-state index contributed by atoms with van der Waals surface area (Å²) in [7, 11) is 1.65. The first kappa shape index (κ1) is 10.3. The highest BCUT2D eigenvalue weighted by atomic mass is 16.5. The normalized spacial score (nSPS) is 15.7. The highest BCUT2D eigenvalue weighted by Gasteiger charge is 2.20. The van der Waals surface area contributed by atoms with Crippen molar-refractivity contribution in [2.45, 2.75) is 32.4 Å². The fourth-order valence-corrected chi connectivity index (χ4v) is 1.32. The molecule has 1 heterocycles. The second-order valence-corrected chi connectivity index (χ2v) is 3.18. The minimum Gasteiger partial charge on any atom is -0.464 e. The average molecular weight is 183 g/mol. The summed E-state index contributed by atoms with van der Waals surface area (Å²) >= 11 is 0. The number of methoxy groups -OCH3 is 1. The van der Waals surface area contributed by atoms with Gasteiger partial charge in [-0.2, -0.15) is 0 Å². The van der Waals surface area contributed by atoms with E-state index in [0.29, 0.717) is 0 Å². The Morgan fingerprint density at radius 3 is 2.62 bits per heavy atom. The van der Waals surface area contributed by atoms with E-state index in [-0.39, 0.29) is 12.1 Å². The topological polar surface area (TPSA) is 48.4 Å². The highest BCUT2D eigenvalue weighted by molar-refractivity contribution is 5.10. The maximum Gasteiger partial charge on any atom is 0.134 e. The van der Waals surface area contributed by atoms with Crippen LogP contribution in [0, 0.1) is 6.92 Å². The molecule has 0 aliphatic heterocycles. The summed E-state index contributed by atoms with van der Waals surface area (Å²) in [5.74, 6) is 1.70. The van der Waals surface area contributed by atoms with Crippen molar-refractivity contribution in [2.24, 2.45) is 5.73 Å². The second kappa shape index (κ2) is 4.44. The molecule has 0 saturated carbocycles. The number of furan rings is 1. The number of hydrogen-bond acceptors (Lipinski definition) is 3. The molecule has 0 radical (unpaired) electrons. The molecule has 1 aromatic rings. The lowest BCUT2D eigenvalue weighted by Gasteiger charge is -2.18. The summed E-state index contributed by atoms with van der Waals surface area (Å²) in [6.07, 6.45) is 0.747. The quantitative estimate of drug-likeness (QED) is 0.776. The molecule has 3 nitrogen and oxygen atoms in total. The molecule has 0 spiro atoms. The van der Waals surface area contributed by atoms with Crippen molar-refractivity contribution >= 4 is 0 Å². The van der Waals surface area contributed by atoms with Gasteiger partial charge in [0.2, 0.25) is 0 Å². The molecule has 2 N–H and O–H groups in total. The third-order valence-corrected chi connectivity index (χ3v) is 2.16. The molecule has 0 aromatic carbocycles. The average Bonchev–Trinajstić information content (AvgIpc) is 2.53. The first-order valence-electron chi connectivity index (χ1n) is 4.53. The van der Waals surface area contributed by atoms with Crippen LogP contribution in [0.5, 0.6) is 0 Å². The molecule has 0 saturated heterocycles. The van der Waals surface area contributed by atoms with Gasteiger partial charge in [-0.3, -0.25) is 0 Å². The summed E-state index contributed by atoms with van der Waals surface area (Å²) in [6.45, 7) is 3.94. The molecule has 74 valence electrons. The van der Waals surface area contributed by atoms with Gasteiger partial charge in [-0.1, -0.05) is 6.92 Å². The van der Waals surface area contributed by atoms with E-state index in [1.54, 1.807) is 7.11 Å². The molecule has 0 aliphatic carbocycles. The van der Waals surface area contributed by atoms with Crippen LogP contribution in [0.1, 0.15) is 31.0 Å². The van der Waals surface area contributed by atoms with Gasteiger partial charge in [0.1, 0.15) is 17.6 Å². The predicted octanol–water partition coefficient (Wildman–Crippen LogP) is 2.01. The lowest BCUT2D eigenvalue weighted by molar-refractivity contribution is 0.0604. The van der Waals surface area contributed by atoms with Gasteiger partial charge in [0, 0.05) is 13.2 Å². The summed E-state index contributed by atoms with van der Waals surface area (Å²) < 4.78 is 10.7. The van der Waals surface area contributed by atoms with Crippen molar-refractivity contribution in [3.05, 3.63) is 23.7 Å². The highest BCUT2D eigenvalue weighted by Crippen LogP contribution is 2.22. The van der Waals surface area contributed by atoms with Gasteiger partial charge in [0.05, 0.1) is 0 Å². The summed E-state index contributed by atoms with van der Waals surface area (Å²) in [4.78, 5) is 0. The second-order valence-electron chi connectivity index (χ2n) is 3.18. The summed E-state index contributed by atoms with van der Waals surface area (Å²) in [5, 5.41) is 0. The maximum atomic E-state index is 5.88. The van der Waals surface area contributed by atoms with Crippen LogP contribution in [-0.4, -0.2) is 13.2 Å². The molecule has 13 heavy (non-hydrogen) atoms. The predicted molar refractivity (Wildman–Crippen MR) is 51.5 cm³/mol. The molecule has 2 unspecified atom stereocenters. The molecule has 0 aliphatic rings. The fourth-order valence-electron chi connectivity index (χ4n) is 1.32. The van der Waals surface area contributed by atoms with Crippen LogP contribution in [-0.2, 0) is 4.74 Å². The lowest BCUT2D eigenvalue weighted by atomic mass is 10.1. The van der Waals surface area contributed by atoms with Crippen LogP contribution in [0.4, 0.5) is 0 Å². The van der Waals surface area contributed by atoms with Crippen LogP contribution in [0.15, 0.2) is 16.5 Å². The van der Waals surface area contributed by atoms with E-state index in [1.165, 1.54) is 0 Å². The first-order valence-corrected chi connectivity index (χ1v) is 4.53. The Morgan fingerprint density at radius 1 is 1.54 bits per heavy atom. The molecular weight excluding hydrogens is 166 g/mol. The Bertz CT molecular complexity index is 257. The van der Waals surface area contributed by atoms with Crippen LogP contribution >= 0.6 is 0 Å². The van der Waals surface area contributed by atoms with Gasteiger partial charge in [-0.15, -0.1) is 0 Å². The van der Waals surface area contributed by atoms with Crippen LogP contribution in [0.3, 0.4) is 0 Å². The monoisotopic (exact) mass is 183 g/mol. The van der Waals surface area contributed by atoms with E-state index < -0.39 is 0 Å². The van der Waals surface area contributed by atoms with Gasteiger partial charge < -0.3 is 14.9 Å². The Morgan fingerprint density at radius 2 is 2.23 bits per heavy atom. The largest absolute Gasteiger partial charge is 0.464 e. The molecule has 0 fully saturated rings. The Balaban J connectivity index is 2.77. The fraction of sp³-hybridized carbons (Fsp3) is 0.600. The van der Waals surface area contributed by atoms with Crippen molar-refractivity contribution in [2.75, 3.05) is 7.11 Å². The Labute approximate surface area is 78.9 Å². The van der Waals surface area contributed by atoms with Gasteiger partial charge in [0.25, 0.3) is 0 Å². The van der Waals surface area contributed by atoms with E-state index in [9.17, 15) is 0 Å². The summed E-state index contributed by atoms with van der Waals surface area (Å²) in [6, 6.07) is 3.83. The number of hydrogen-bond donors (Lipinski definition) is 1. The maximum absolute atomic E-state index is 5.88. The van der Waals surface area contributed by atoms with Crippen molar-refractivity contribution < 1.29 is 9.15 Å². The van der Waals surface area contributed by atoms with Crippen molar-refractivity contribution in [1.29, 1.82) is 0 Å². The third kappa shape index (κ3) is 2.32. The molecule has 3 heteroatoms. The van der Waals surface area contributed by atoms with Crippen LogP contribution in [0.2, 0.25) is 0 Å². The zero-order valence-electron chi connectivity index (χ0n) is 8.41. The molecule has 0 amide bonds. The van der Waals surface area contributed by atoms with Crippen molar-refractivity contribution in [3.8, 4) is 0 Å². The van der Waals surface area contributed by atoms with Crippen molar-refractivity contribution in [1.82, 2.24) is 0 Å². The van der Waals surface area contributed by atoms with Gasteiger partial charge in [0.15, 0.2) is 0 Å². The standard InChI is InChI=1S/C10H17NO2/c1-4-8(11)10(12-3)9-6-5-7(2)13-9/h5-6,8,10H,4,11H2,1-3H3. The first-order chi connectivity index (χ1) is 6.19. The Hall–Kier alpha value is -0.800. The smallest absolute Gasteiger partial charge is 0.134 e. The molecule has 0 bridgehead atoms. The number of rotatable bonds is 4. The van der Waals surface area contributed by atoms with E-state index >= 15 is 0 Å². The molecule has 1 rings (SSSR count). The third-order valence-electron chi connectivity index (χ3n) is 2.16. The summed E-state index contributed by atoms with van der Waals surface area (Å²) in [5.41, 5.74) is 5.88. The van der Waals surface area contributed by atoms with Crippen LogP contribution < -0.4 is 5.73 Å². The van der Waals surface area contributed by atoms with E-state index in [2.05, 4.69) is 0 Å². The molecule has 2 atom stereocenters. The zero-order chi connectivity index (χ0) is 9.84. The zero-order valence-corrected chi connectivity index (χ0v) is 8.41. The van der Waals surface area contributed by atoms with E-state index in [4.69, 9.17) is 14.9 Å².